The molecule has 23 heavy (non-hydrogen) atoms. The highest BCUT2D eigenvalue weighted by molar-refractivity contribution is 7.11. The Morgan fingerprint density at radius 1 is 1.22 bits per heavy atom. The van der Waals surface area contributed by atoms with Crippen LogP contribution in [-0.4, -0.2) is 35.0 Å². The number of nitrogens with one attached hydrogen (secondary N) is 2. The van der Waals surface area contributed by atoms with Crippen LogP contribution in [0.1, 0.15) is 57.5 Å². The molecular weight excluding hydrogens is 312 g/mol. The van der Waals surface area contributed by atoms with Crippen molar-refractivity contribution >= 4 is 17.4 Å². The molecule has 7 heteroatoms. The van der Waals surface area contributed by atoms with Gasteiger partial charge in [-0.05, 0) is 32.6 Å². The SMILES string of the molecule is CC1CC(CNC(=O)NCc2nnc(C(C)(C)C)s2)CC(C)O1. The molecule has 130 valence electrons. The van der Waals surface area contributed by atoms with Crippen molar-refractivity contribution in [2.24, 2.45) is 5.92 Å². The fourth-order valence-electron chi connectivity index (χ4n) is 2.79. The third kappa shape index (κ3) is 5.73. The fourth-order valence-corrected chi connectivity index (χ4v) is 3.63. The third-order valence-electron chi connectivity index (χ3n) is 3.86. The summed E-state index contributed by atoms with van der Waals surface area (Å²) in [6, 6.07) is -0.149. The normalized spacial score (nSPS) is 25.2. The third-order valence-corrected chi connectivity index (χ3v) is 5.20. The molecule has 2 N–H and O–H groups in total. The van der Waals surface area contributed by atoms with Gasteiger partial charge in [0.05, 0.1) is 18.8 Å². The van der Waals surface area contributed by atoms with Crippen molar-refractivity contribution in [3.05, 3.63) is 10.0 Å². The van der Waals surface area contributed by atoms with Crippen molar-refractivity contribution in [1.29, 1.82) is 0 Å². The Morgan fingerprint density at radius 3 is 2.43 bits per heavy atom. The first kappa shape index (κ1) is 18.1. The van der Waals surface area contributed by atoms with Gasteiger partial charge in [-0.1, -0.05) is 32.1 Å². The smallest absolute Gasteiger partial charge is 0.315 e. The van der Waals surface area contributed by atoms with Crippen LogP contribution < -0.4 is 10.6 Å². The van der Waals surface area contributed by atoms with Crippen LogP contribution in [0.15, 0.2) is 0 Å². The number of carbonyl (C=O) groups is 1. The molecule has 0 radical (unpaired) electrons. The second-order valence-corrected chi connectivity index (χ2v) is 8.47. The van der Waals surface area contributed by atoms with Gasteiger partial charge in [0.1, 0.15) is 10.0 Å². The zero-order valence-electron chi connectivity index (χ0n) is 14.7. The van der Waals surface area contributed by atoms with Crippen LogP contribution >= 0.6 is 11.3 Å². The summed E-state index contributed by atoms with van der Waals surface area (Å²) in [5.74, 6) is 0.480. The molecule has 0 spiro atoms. The molecule has 2 rings (SSSR count). The molecule has 2 amide bonds. The first-order valence-corrected chi connectivity index (χ1v) is 9.05. The highest BCUT2D eigenvalue weighted by Gasteiger charge is 2.24. The van der Waals surface area contributed by atoms with Gasteiger partial charge in [-0.2, -0.15) is 0 Å². The second kappa shape index (κ2) is 7.57. The lowest BCUT2D eigenvalue weighted by molar-refractivity contribution is -0.0511. The predicted octanol–water partition coefficient (Wildman–Crippen LogP) is 2.84. The maximum atomic E-state index is 11.9. The van der Waals surface area contributed by atoms with Gasteiger partial charge in [0.25, 0.3) is 0 Å². The van der Waals surface area contributed by atoms with Crippen molar-refractivity contribution in [2.45, 2.75) is 71.6 Å². The first-order chi connectivity index (χ1) is 10.7. The van der Waals surface area contributed by atoms with Gasteiger partial charge in [-0.3, -0.25) is 0 Å². The number of amides is 2. The average Bonchev–Trinajstić information content (AvgIpc) is 2.91. The lowest BCUT2D eigenvalue weighted by Gasteiger charge is -2.32. The molecule has 0 bridgehead atoms. The van der Waals surface area contributed by atoms with E-state index >= 15 is 0 Å². The van der Waals surface area contributed by atoms with E-state index in [-0.39, 0.29) is 23.7 Å². The Morgan fingerprint density at radius 2 is 1.87 bits per heavy atom. The maximum absolute atomic E-state index is 11.9. The van der Waals surface area contributed by atoms with E-state index in [1.54, 1.807) is 11.3 Å². The quantitative estimate of drug-likeness (QED) is 0.884. The summed E-state index contributed by atoms with van der Waals surface area (Å²) in [6.07, 6.45) is 2.53. The summed E-state index contributed by atoms with van der Waals surface area (Å²) in [5.41, 5.74) is -0.00534. The van der Waals surface area contributed by atoms with Gasteiger partial charge in [-0.25, -0.2) is 4.79 Å². The van der Waals surface area contributed by atoms with E-state index in [1.165, 1.54) is 0 Å². The number of hydrogen-bond acceptors (Lipinski definition) is 5. The number of ether oxygens (including phenoxy) is 1. The van der Waals surface area contributed by atoms with E-state index in [0.29, 0.717) is 19.0 Å². The summed E-state index contributed by atoms with van der Waals surface area (Å²) in [7, 11) is 0. The number of rotatable bonds is 4. The summed E-state index contributed by atoms with van der Waals surface area (Å²) in [4.78, 5) is 11.9. The Labute approximate surface area is 142 Å². The van der Waals surface area contributed by atoms with Gasteiger partial charge in [-0.15, -0.1) is 10.2 Å². The fraction of sp³-hybridized carbons (Fsp3) is 0.812. The Hall–Kier alpha value is -1.21. The molecule has 2 atom stereocenters. The topological polar surface area (TPSA) is 76.1 Å². The summed E-state index contributed by atoms with van der Waals surface area (Å²) in [5, 5.41) is 15.9. The minimum absolute atomic E-state index is 0.00534. The van der Waals surface area contributed by atoms with E-state index < -0.39 is 0 Å². The lowest BCUT2D eigenvalue weighted by atomic mass is 9.92. The largest absolute Gasteiger partial charge is 0.376 e. The summed E-state index contributed by atoms with van der Waals surface area (Å²) >= 11 is 1.55. The number of aromatic nitrogens is 2. The molecule has 0 aromatic carbocycles. The second-order valence-electron chi connectivity index (χ2n) is 7.41. The molecule has 6 nitrogen and oxygen atoms in total. The van der Waals surface area contributed by atoms with E-state index in [2.05, 4.69) is 55.4 Å². The van der Waals surface area contributed by atoms with Gasteiger partial charge < -0.3 is 15.4 Å². The average molecular weight is 340 g/mol. The number of carbonyl (C=O) groups excluding carboxylic acids is 1. The number of nitrogens with zero attached hydrogens (tertiary/aromatic N) is 2. The van der Waals surface area contributed by atoms with Crippen molar-refractivity contribution in [3.8, 4) is 0 Å². The zero-order valence-corrected chi connectivity index (χ0v) is 15.5. The van der Waals surface area contributed by atoms with Crippen LogP contribution in [0.3, 0.4) is 0 Å². The maximum Gasteiger partial charge on any atom is 0.315 e. The van der Waals surface area contributed by atoms with Crippen molar-refractivity contribution in [3.63, 3.8) is 0 Å². The molecule has 0 aliphatic carbocycles. The molecule has 1 aliphatic rings. The zero-order chi connectivity index (χ0) is 17.0. The standard InChI is InChI=1S/C16H28N4O2S/c1-10-6-12(7-11(2)22-10)8-17-15(21)18-9-13-19-20-14(23-13)16(3,4)5/h10-12H,6-9H2,1-5H3,(H2,17,18,21). The minimum Gasteiger partial charge on any atom is -0.376 e. The highest BCUT2D eigenvalue weighted by Crippen LogP contribution is 2.25. The van der Waals surface area contributed by atoms with Gasteiger partial charge in [0, 0.05) is 12.0 Å². The van der Waals surface area contributed by atoms with Crippen LogP contribution in [0.25, 0.3) is 0 Å². The predicted molar refractivity (Wildman–Crippen MR) is 91.6 cm³/mol. The van der Waals surface area contributed by atoms with E-state index in [9.17, 15) is 4.79 Å². The number of hydrogen-bond donors (Lipinski definition) is 2. The van der Waals surface area contributed by atoms with Gasteiger partial charge >= 0.3 is 6.03 Å². The molecular formula is C16H28N4O2S. The Bertz CT molecular complexity index is 516. The minimum atomic E-state index is -0.149. The van der Waals surface area contributed by atoms with Gasteiger partial charge in [0.2, 0.25) is 0 Å². The first-order valence-electron chi connectivity index (χ1n) is 8.24. The molecule has 1 fully saturated rings. The lowest BCUT2D eigenvalue weighted by Crippen LogP contribution is -2.41. The monoisotopic (exact) mass is 340 g/mol. The van der Waals surface area contributed by atoms with E-state index in [1.807, 2.05) is 0 Å². The van der Waals surface area contributed by atoms with Crippen LogP contribution in [-0.2, 0) is 16.7 Å². The highest BCUT2D eigenvalue weighted by atomic mass is 32.1. The van der Waals surface area contributed by atoms with Gasteiger partial charge in [0.15, 0.2) is 0 Å². The van der Waals surface area contributed by atoms with Crippen molar-refractivity contribution in [2.75, 3.05) is 6.54 Å². The van der Waals surface area contributed by atoms with Crippen LogP contribution in [0, 0.1) is 5.92 Å². The van der Waals surface area contributed by atoms with Crippen molar-refractivity contribution in [1.82, 2.24) is 20.8 Å². The number of urea groups is 1. The molecule has 0 saturated carbocycles. The molecule has 1 aromatic rings. The van der Waals surface area contributed by atoms with Crippen LogP contribution in [0.4, 0.5) is 4.79 Å². The molecule has 1 aromatic heterocycles. The molecule has 2 heterocycles. The molecule has 1 saturated heterocycles. The van der Waals surface area contributed by atoms with E-state index in [0.717, 1.165) is 22.9 Å². The Balaban J connectivity index is 1.72. The van der Waals surface area contributed by atoms with Crippen LogP contribution in [0.2, 0.25) is 0 Å². The summed E-state index contributed by atoms with van der Waals surface area (Å²) in [6.45, 7) is 11.6. The molecule has 1 aliphatic heterocycles. The molecule has 2 unspecified atom stereocenters. The van der Waals surface area contributed by atoms with E-state index in [4.69, 9.17) is 4.74 Å². The summed E-state index contributed by atoms with van der Waals surface area (Å²) < 4.78 is 5.72. The Kier molecular flexibility index (Phi) is 5.97. The van der Waals surface area contributed by atoms with Crippen molar-refractivity contribution < 1.29 is 9.53 Å². The van der Waals surface area contributed by atoms with Crippen LogP contribution in [0.5, 0.6) is 0 Å².